The maximum absolute atomic E-state index is 12.5. The molecular formula is C19H15N5OS. The summed E-state index contributed by atoms with van der Waals surface area (Å²) in [6.45, 7) is 0.376. The summed E-state index contributed by atoms with van der Waals surface area (Å²) in [5.74, 6) is 0.472. The van der Waals surface area contributed by atoms with Crippen LogP contribution in [0, 0.1) is 0 Å². The summed E-state index contributed by atoms with van der Waals surface area (Å²) in [5.41, 5.74) is 1.77. The molecule has 0 unspecified atom stereocenters. The Kier molecular flexibility index (Phi) is 4.53. The van der Waals surface area contributed by atoms with Crippen molar-refractivity contribution in [3.63, 3.8) is 0 Å². The predicted octanol–water partition coefficient (Wildman–Crippen LogP) is 3.32. The van der Waals surface area contributed by atoms with E-state index in [4.69, 9.17) is 0 Å². The number of rotatable bonds is 5. The first-order chi connectivity index (χ1) is 12.8. The van der Waals surface area contributed by atoms with Crippen molar-refractivity contribution in [1.29, 1.82) is 0 Å². The second-order valence-electron chi connectivity index (χ2n) is 5.53. The van der Waals surface area contributed by atoms with Gasteiger partial charge in [0.15, 0.2) is 5.82 Å². The van der Waals surface area contributed by atoms with Crippen molar-refractivity contribution >= 4 is 17.2 Å². The van der Waals surface area contributed by atoms with Crippen LogP contribution in [0.1, 0.15) is 16.2 Å². The molecule has 3 aromatic heterocycles. The van der Waals surface area contributed by atoms with Gasteiger partial charge < -0.3 is 5.32 Å². The maximum Gasteiger partial charge on any atom is 0.291 e. The Morgan fingerprint density at radius 2 is 1.96 bits per heavy atom. The largest absolute Gasteiger partial charge is 0.345 e. The van der Waals surface area contributed by atoms with Gasteiger partial charge in [0.2, 0.25) is 5.82 Å². The van der Waals surface area contributed by atoms with Crippen molar-refractivity contribution in [1.82, 2.24) is 25.1 Å². The van der Waals surface area contributed by atoms with Crippen molar-refractivity contribution in [2.45, 2.75) is 6.54 Å². The van der Waals surface area contributed by atoms with Crippen LogP contribution in [0.25, 0.3) is 16.4 Å². The lowest BCUT2D eigenvalue weighted by atomic mass is 10.3. The van der Waals surface area contributed by atoms with Crippen LogP contribution in [0.15, 0.2) is 72.4 Å². The summed E-state index contributed by atoms with van der Waals surface area (Å²) in [4.78, 5) is 22.0. The van der Waals surface area contributed by atoms with Gasteiger partial charge in [-0.3, -0.25) is 9.78 Å². The van der Waals surface area contributed by atoms with Gasteiger partial charge in [-0.2, -0.15) is 0 Å². The van der Waals surface area contributed by atoms with E-state index in [0.29, 0.717) is 12.4 Å². The van der Waals surface area contributed by atoms with Crippen LogP contribution in [-0.2, 0) is 6.54 Å². The van der Waals surface area contributed by atoms with E-state index in [1.54, 1.807) is 28.4 Å². The predicted molar refractivity (Wildman–Crippen MR) is 100 cm³/mol. The molecule has 0 aliphatic rings. The van der Waals surface area contributed by atoms with E-state index in [0.717, 1.165) is 16.1 Å². The van der Waals surface area contributed by atoms with Crippen molar-refractivity contribution in [2.75, 3.05) is 0 Å². The van der Waals surface area contributed by atoms with Crippen LogP contribution in [0.3, 0.4) is 0 Å². The van der Waals surface area contributed by atoms with Crippen molar-refractivity contribution in [2.24, 2.45) is 0 Å². The molecule has 6 nitrogen and oxygen atoms in total. The highest BCUT2D eigenvalue weighted by Gasteiger charge is 2.19. The normalized spacial score (nSPS) is 10.6. The number of benzene rings is 1. The zero-order chi connectivity index (χ0) is 17.8. The summed E-state index contributed by atoms with van der Waals surface area (Å²) in [6, 6.07) is 17.3. The molecule has 0 fully saturated rings. The Bertz CT molecular complexity index is 997. The first kappa shape index (κ1) is 16.2. The number of pyridine rings is 1. The molecule has 0 spiro atoms. The minimum atomic E-state index is -0.318. The summed E-state index contributed by atoms with van der Waals surface area (Å²) in [6.07, 6.45) is 3.41. The molecule has 1 aromatic carbocycles. The van der Waals surface area contributed by atoms with Gasteiger partial charge in [0.05, 0.1) is 10.6 Å². The number of thiophene rings is 1. The average molecular weight is 361 g/mol. The van der Waals surface area contributed by atoms with Gasteiger partial charge in [0.25, 0.3) is 5.91 Å². The number of nitrogens with one attached hydrogen (secondary N) is 1. The Balaban J connectivity index is 1.64. The Morgan fingerprint density at radius 1 is 1.08 bits per heavy atom. The van der Waals surface area contributed by atoms with Gasteiger partial charge in [0, 0.05) is 18.9 Å². The lowest BCUT2D eigenvalue weighted by Gasteiger charge is -2.03. The van der Waals surface area contributed by atoms with Crippen molar-refractivity contribution in [3.05, 3.63) is 83.8 Å². The quantitative estimate of drug-likeness (QED) is 0.592. The van der Waals surface area contributed by atoms with E-state index < -0.39 is 0 Å². The number of carbonyl (C=O) groups excluding carboxylic acids is 1. The zero-order valence-corrected chi connectivity index (χ0v) is 14.6. The summed E-state index contributed by atoms with van der Waals surface area (Å²) in [5, 5.41) is 9.25. The van der Waals surface area contributed by atoms with Gasteiger partial charge in [-0.05, 0) is 35.2 Å². The third kappa shape index (κ3) is 3.38. The number of aromatic nitrogens is 4. The Hall–Kier alpha value is -3.32. The molecule has 1 amide bonds. The summed E-state index contributed by atoms with van der Waals surface area (Å²) in [7, 11) is 0. The third-order valence-electron chi connectivity index (χ3n) is 3.73. The van der Waals surface area contributed by atoms with Gasteiger partial charge in [-0.25, -0.2) is 9.67 Å². The summed E-state index contributed by atoms with van der Waals surface area (Å²) < 4.78 is 1.70. The topological polar surface area (TPSA) is 72.7 Å². The number of nitrogens with zero attached hydrogens (tertiary/aromatic N) is 4. The van der Waals surface area contributed by atoms with Gasteiger partial charge in [-0.15, -0.1) is 16.4 Å². The van der Waals surface area contributed by atoms with Crippen molar-refractivity contribution in [3.8, 4) is 16.4 Å². The van der Waals surface area contributed by atoms with Crippen LogP contribution in [0.4, 0.5) is 0 Å². The Labute approximate surface area is 154 Å². The van der Waals surface area contributed by atoms with Crippen LogP contribution in [-0.4, -0.2) is 25.7 Å². The SMILES string of the molecule is O=C(NCc1cccnc1)c1nc(-c2cccs2)n(-c2ccccc2)n1. The molecule has 4 rings (SSSR count). The molecule has 0 aliphatic carbocycles. The molecule has 0 atom stereocenters. The fourth-order valence-electron chi connectivity index (χ4n) is 2.49. The highest BCUT2D eigenvalue weighted by atomic mass is 32.1. The highest BCUT2D eigenvalue weighted by Crippen LogP contribution is 2.25. The fraction of sp³-hybridized carbons (Fsp3) is 0.0526. The van der Waals surface area contributed by atoms with Gasteiger partial charge in [0.1, 0.15) is 0 Å². The van der Waals surface area contributed by atoms with Gasteiger partial charge >= 0.3 is 0 Å². The van der Waals surface area contributed by atoms with E-state index in [9.17, 15) is 4.79 Å². The van der Waals surface area contributed by atoms with Crippen molar-refractivity contribution < 1.29 is 4.79 Å². The highest BCUT2D eigenvalue weighted by molar-refractivity contribution is 7.13. The van der Waals surface area contributed by atoms with Crippen LogP contribution >= 0.6 is 11.3 Å². The number of amides is 1. The minimum absolute atomic E-state index is 0.140. The molecule has 7 heteroatoms. The van der Waals surface area contributed by atoms with E-state index in [-0.39, 0.29) is 11.7 Å². The fourth-order valence-corrected chi connectivity index (χ4v) is 3.19. The first-order valence-electron chi connectivity index (χ1n) is 8.05. The molecule has 1 N–H and O–H groups in total. The molecule has 0 saturated carbocycles. The number of carbonyl (C=O) groups is 1. The molecular weight excluding hydrogens is 346 g/mol. The van der Waals surface area contributed by atoms with E-state index in [2.05, 4.69) is 20.4 Å². The monoisotopic (exact) mass is 361 g/mol. The van der Waals surface area contributed by atoms with Crippen LogP contribution in [0.5, 0.6) is 0 Å². The number of para-hydroxylation sites is 1. The summed E-state index contributed by atoms with van der Waals surface area (Å²) >= 11 is 1.56. The lowest BCUT2D eigenvalue weighted by molar-refractivity contribution is 0.0940. The van der Waals surface area contributed by atoms with Crippen LogP contribution < -0.4 is 5.32 Å². The van der Waals surface area contributed by atoms with Gasteiger partial charge in [-0.1, -0.05) is 30.3 Å². The smallest absolute Gasteiger partial charge is 0.291 e. The lowest BCUT2D eigenvalue weighted by Crippen LogP contribution is -2.24. The molecule has 26 heavy (non-hydrogen) atoms. The van der Waals surface area contributed by atoms with E-state index >= 15 is 0 Å². The average Bonchev–Trinajstić information content (AvgIpc) is 3.37. The molecule has 128 valence electrons. The Morgan fingerprint density at radius 3 is 2.69 bits per heavy atom. The van der Waals surface area contributed by atoms with Crippen LogP contribution in [0.2, 0.25) is 0 Å². The maximum atomic E-state index is 12.5. The molecule has 0 saturated heterocycles. The van der Waals surface area contributed by atoms with E-state index in [1.165, 1.54) is 0 Å². The zero-order valence-electron chi connectivity index (χ0n) is 13.7. The number of hydrogen-bond acceptors (Lipinski definition) is 5. The molecule has 4 aromatic rings. The second kappa shape index (κ2) is 7.28. The second-order valence-corrected chi connectivity index (χ2v) is 6.48. The molecule has 0 aliphatic heterocycles. The minimum Gasteiger partial charge on any atom is -0.345 e. The molecule has 0 bridgehead atoms. The standard InChI is InChI=1S/C19H15N5OS/c25-19(21-13-14-6-4-10-20-12-14)17-22-18(16-9-5-11-26-16)24(23-17)15-7-2-1-3-8-15/h1-12H,13H2,(H,21,25). The third-order valence-corrected chi connectivity index (χ3v) is 4.59. The van der Waals surface area contributed by atoms with E-state index in [1.807, 2.05) is 60.0 Å². The molecule has 0 radical (unpaired) electrons. The molecule has 3 heterocycles. The first-order valence-corrected chi connectivity index (χ1v) is 8.93. The number of hydrogen-bond donors (Lipinski definition) is 1.